The summed E-state index contributed by atoms with van der Waals surface area (Å²) < 4.78 is 50.3. The Kier molecular flexibility index (Phi) is 24.8. The Balaban J connectivity index is -0.000000174. The summed E-state index contributed by atoms with van der Waals surface area (Å²) in [4.78, 5) is 21.5. The normalized spacial score (nSPS) is 7.88. The predicted octanol–water partition coefficient (Wildman–Crippen LogP) is 2.10. The summed E-state index contributed by atoms with van der Waals surface area (Å²) in [5.41, 5.74) is 0. The van der Waals surface area contributed by atoms with Gasteiger partial charge in [0.15, 0.2) is 6.67 Å². The van der Waals surface area contributed by atoms with Crippen LogP contribution in [-0.4, -0.2) is 46.4 Å². The van der Waals surface area contributed by atoms with Crippen LogP contribution in [0.3, 0.4) is 0 Å². The number of esters is 1. The Labute approximate surface area is 95.5 Å². The third-order valence-corrected chi connectivity index (χ3v) is 0.852. The largest absolute Gasteiger partial charge is 0.495 e. The van der Waals surface area contributed by atoms with Crippen molar-refractivity contribution < 1.29 is 41.7 Å². The number of alkyl halides is 2. The van der Waals surface area contributed by atoms with Crippen molar-refractivity contribution in [1.29, 1.82) is 0 Å². The lowest BCUT2D eigenvalue weighted by molar-refractivity contribution is -0.141. The highest BCUT2D eigenvalue weighted by atomic mass is 19.3. The monoisotopic (exact) mass is 266 g/mol. The summed E-state index contributed by atoms with van der Waals surface area (Å²) >= 11 is 0. The molecule has 0 saturated heterocycles. The molecular weight excluding hydrogens is 252 g/mol. The molecule has 0 aromatic rings. The molecule has 0 saturated carbocycles. The molecule has 0 N–H and O–H groups in total. The zero-order chi connectivity index (χ0) is 14.1. The fourth-order valence-electron chi connectivity index (χ4n) is 0.164. The maximum absolute atomic E-state index is 10.9. The summed E-state index contributed by atoms with van der Waals surface area (Å²) in [5, 5.41) is 0. The SMILES string of the molecule is COC(=O)CF.COC(=O)F.FCCCOF. The molecule has 0 spiro atoms. The third-order valence-electron chi connectivity index (χ3n) is 0.852. The van der Waals surface area contributed by atoms with Gasteiger partial charge >= 0.3 is 12.2 Å². The highest BCUT2D eigenvalue weighted by molar-refractivity contribution is 5.70. The molecule has 0 aromatic carbocycles. The molecule has 0 fully saturated rings. The van der Waals surface area contributed by atoms with E-state index in [0.29, 0.717) is 0 Å². The van der Waals surface area contributed by atoms with Crippen LogP contribution in [0.1, 0.15) is 6.42 Å². The number of carbonyl (C=O) groups is 2. The fourth-order valence-corrected chi connectivity index (χ4v) is 0.164. The highest BCUT2D eigenvalue weighted by Crippen LogP contribution is 1.81. The molecule has 0 unspecified atom stereocenters. The van der Waals surface area contributed by atoms with E-state index in [1.165, 1.54) is 0 Å². The van der Waals surface area contributed by atoms with Crippen molar-refractivity contribution in [2.24, 2.45) is 0 Å². The molecule has 104 valence electrons. The van der Waals surface area contributed by atoms with Gasteiger partial charge in [-0.3, -0.25) is 4.39 Å². The van der Waals surface area contributed by atoms with Crippen molar-refractivity contribution in [3.63, 3.8) is 0 Å². The average Bonchev–Trinajstić information content (AvgIpc) is 2.36. The first-order chi connectivity index (χ1) is 7.99. The fraction of sp³-hybridized carbons (Fsp3) is 0.750. The minimum atomic E-state index is -1.75. The molecule has 0 heterocycles. The topological polar surface area (TPSA) is 61.8 Å². The number of halogens is 4. The van der Waals surface area contributed by atoms with E-state index >= 15 is 0 Å². The quantitative estimate of drug-likeness (QED) is 0.337. The molecule has 5 nitrogen and oxygen atoms in total. The van der Waals surface area contributed by atoms with Crippen molar-refractivity contribution in [3.05, 3.63) is 0 Å². The van der Waals surface area contributed by atoms with Crippen LogP contribution in [0.4, 0.5) is 22.5 Å². The summed E-state index contributed by atoms with van der Waals surface area (Å²) in [6.07, 6.45) is -1.60. The lowest BCUT2D eigenvalue weighted by Gasteiger charge is -1.85. The van der Waals surface area contributed by atoms with E-state index in [4.69, 9.17) is 4.79 Å². The number of carbonyl (C=O) groups excluding carboxylic acids is 2. The predicted molar refractivity (Wildman–Crippen MR) is 49.2 cm³/mol. The standard InChI is InChI=1S/C3H6F2O.C3H5FO2.C2H3FO2/c4-2-1-3-6-5;1-6-3(5)2-4;1-5-2(3)4/h1-3H2;2H2,1H3;1H3. The molecule has 17 heavy (non-hydrogen) atoms. The van der Waals surface area contributed by atoms with E-state index in [1.54, 1.807) is 0 Å². The van der Waals surface area contributed by atoms with Gasteiger partial charge < -0.3 is 9.47 Å². The zero-order valence-electron chi connectivity index (χ0n) is 9.38. The average molecular weight is 266 g/mol. The number of ether oxygens (including phenoxy) is 2. The van der Waals surface area contributed by atoms with Gasteiger partial charge in [0.25, 0.3) is 0 Å². The van der Waals surface area contributed by atoms with Gasteiger partial charge in [-0.15, -0.1) is 4.39 Å². The van der Waals surface area contributed by atoms with Crippen LogP contribution in [0.2, 0.25) is 0 Å². The van der Waals surface area contributed by atoms with E-state index in [2.05, 4.69) is 14.4 Å². The van der Waals surface area contributed by atoms with Crippen molar-refractivity contribution in [2.75, 3.05) is 34.2 Å². The summed E-state index contributed by atoms with van der Waals surface area (Å²) in [6.45, 7) is -1.67. The van der Waals surface area contributed by atoms with E-state index in [1.807, 2.05) is 0 Å². The van der Waals surface area contributed by atoms with Crippen LogP contribution in [0, 0.1) is 0 Å². The van der Waals surface area contributed by atoms with E-state index in [-0.39, 0.29) is 13.0 Å². The molecule has 0 aliphatic heterocycles. The first-order valence-electron chi connectivity index (χ1n) is 4.15. The maximum atomic E-state index is 10.9. The number of hydrogen-bond donors (Lipinski definition) is 0. The number of methoxy groups -OCH3 is 2. The molecule has 0 amide bonds. The maximum Gasteiger partial charge on any atom is 0.495 e. The smallest absolute Gasteiger partial charge is 0.467 e. The van der Waals surface area contributed by atoms with Crippen LogP contribution in [0.5, 0.6) is 0 Å². The molecule has 0 rings (SSSR count). The third kappa shape index (κ3) is 40.1. The first kappa shape index (κ1) is 21.0. The minimum absolute atomic E-state index is 0.128. The van der Waals surface area contributed by atoms with Crippen LogP contribution < -0.4 is 0 Å². The minimum Gasteiger partial charge on any atom is -0.467 e. The summed E-state index contributed by atoms with van der Waals surface area (Å²) in [7, 11) is 2.12. The van der Waals surface area contributed by atoms with E-state index in [9.17, 15) is 22.5 Å². The Morgan fingerprint density at radius 3 is 1.65 bits per heavy atom. The first-order valence-corrected chi connectivity index (χ1v) is 4.15. The molecule has 0 aliphatic carbocycles. The Bertz CT molecular complexity index is 169. The van der Waals surface area contributed by atoms with Gasteiger partial charge in [0.1, 0.15) is 0 Å². The lowest BCUT2D eigenvalue weighted by Crippen LogP contribution is -2.00. The van der Waals surface area contributed by atoms with Crippen LogP contribution in [0.25, 0.3) is 0 Å². The van der Waals surface area contributed by atoms with Crippen LogP contribution in [-0.2, 0) is 19.2 Å². The Hall–Kier alpha value is -1.38. The van der Waals surface area contributed by atoms with Crippen LogP contribution >= 0.6 is 0 Å². The van der Waals surface area contributed by atoms with Gasteiger partial charge in [0.05, 0.1) is 27.5 Å². The molecule has 0 bridgehead atoms. The summed E-state index contributed by atoms with van der Waals surface area (Å²) in [6, 6.07) is 0. The second-order valence-corrected chi connectivity index (χ2v) is 2.01. The van der Waals surface area contributed by atoms with Gasteiger partial charge in [-0.25, -0.2) is 14.0 Å². The van der Waals surface area contributed by atoms with Gasteiger partial charge in [-0.2, -0.15) is 4.94 Å². The van der Waals surface area contributed by atoms with Gasteiger partial charge in [0.2, 0.25) is 0 Å². The second-order valence-electron chi connectivity index (χ2n) is 2.01. The molecule has 0 aromatic heterocycles. The molecule has 0 radical (unpaired) electrons. The molecule has 0 aliphatic rings. The van der Waals surface area contributed by atoms with Gasteiger partial charge in [-0.1, -0.05) is 0 Å². The van der Waals surface area contributed by atoms with Crippen molar-refractivity contribution in [3.8, 4) is 0 Å². The Morgan fingerprint density at radius 1 is 1.12 bits per heavy atom. The van der Waals surface area contributed by atoms with Crippen molar-refractivity contribution in [1.82, 2.24) is 0 Å². The van der Waals surface area contributed by atoms with E-state index in [0.717, 1.165) is 14.2 Å². The summed E-state index contributed by atoms with van der Waals surface area (Å²) in [5.74, 6) is -0.824. The number of hydrogen-bond acceptors (Lipinski definition) is 5. The molecule has 9 heteroatoms. The van der Waals surface area contributed by atoms with Crippen molar-refractivity contribution >= 4 is 12.2 Å². The van der Waals surface area contributed by atoms with E-state index < -0.39 is 25.5 Å². The van der Waals surface area contributed by atoms with Gasteiger partial charge in [0, 0.05) is 6.42 Å². The number of rotatable bonds is 4. The van der Waals surface area contributed by atoms with Crippen LogP contribution in [0.15, 0.2) is 0 Å². The lowest BCUT2D eigenvalue weighted by atomic mass is 10.5. The van der Waals surface area contributed by atoms with Gasteiger partial charge in [-0.05, 0) is 4.53 Å². The zero-order valence-corrected chi connectivity index (χ0v) is 9.38. The molecule has 0 atom stereocenters. The molecular formula is C8H14F4O5. The second kappa shape index (κ2) is 20.1. The Morgan fingerprint density at radius 2 is 1.59 bits per heavy atom. The van der Waals surface area contributed by atoms with Crippen molar-refractivity contribution in [2.45, 2.75) is 6.42 Å². The highest BCUT2D eigenvalue weighted by Gasteiger charge is 1.91.